The molecule has 2 aromatic carbocycles. The summed E-state index contributed by atoms with van der Waals surface area (Å²) in [6, 6.07) is 12.0. The van der Waals surface area contributed by atoms with Gasteiger partial charge in [0.2, 0.25) is 0 Å². The average Bonchev–Trinajstić information content (AvgIpc) is 3.50. The lowest BCUT2D eigenvalue weighted by Crippen LogP contribution is -2.52. The molecule has 1 unspecified atom stereocenters. The molecule has 0 bridgehead atoms. The second-order valence-electron chi connectivity index (χ2n) is 7.86. The molecule has 1 fully saturated rings. The van der Waals surface area contributed by atoms with E-state index in [1.54, 1.807) is 36.3 Å². The standard InChI is InChI=1S/C23H21N5O4S/c1-24-22-25-18(11-33-22)13-3-6-15(7-4-13)23(20(30)26-21(31)27-23)12-28-10-14-5-8-16(32-2)9-17(14)19(28)29/h3-9,11H,10,12H2,1-2H3,(H,24,25)(H2,26,27,30,31). The predicted molar refractivity (Wildman–Crippen MR) is 123 cm³/mol. The lowest BCUT2D eigenvalue weighted by Gasteiger charge is -2.31. The fraction of sp³-hybridized carbons (Fsp3) is 0.217. The van der Waals surface area contributed by atoms with Crippen molar-refractivity contribution in [2.75, 3.05) is 26.0 Å². The third kappa shape index (κ3) is 3.48. The Bertz CT molecular complexity index is 1270. The number of nitrogens with zero attached hydrogens (tertiary/aromatic N) is 2. The molecule has 3 aromatic rings. The van der Waals surface area contributed by atoms with Crippen molar-refractivity contribution in [2.45, 2.75) is 12.1 Å². The van der Waals surface area contributed by atoms with Gasteiger partial charge in [-0.25, -0.2) is 9.78 Å². The molecule has 168 valence electrons. The van der Waals surface area contributed by atoms with Gasteiger partial charge in [0.15, 0.2) is 10.7 Å². The van der Waals surface area contributed by atoms with Gasteiger partial charge in [-0.05, 0) is 23.3 Å². The number of carbonyl (C=O) groups excluding carboxylic acids is 3. The minimum Gasteiger partial charge on any atom is -0.497 e. The number of thiazole rings is 1. The average molecular weight is 464 g/mol. The summed E-state index contributed by atoms with van der Waals surface area (Å²) in [6.07, 6.45) is 0. The van der Waals surface area contributed by atoms with Gasteiger partial charge in [-0.2, -0.15) is 0 Å². The number of urea groups is 1. The van der Waals surface area contributed by atoms with E-state index in [-0.39, 0.29) is 12.5 Å². The van der Waals surface area contributed by atoms with Crippen LogP contribution >= 0.6 is 11.3 Å². The summed E-state index contributed by atoms with van der Waals surface area (Å²) in [5.74, 6) is -0.117. The Morgan fingerprint density at radius 1 is 1.18 bits per heavy atom. The van der Waals surface area contributed by atoms with Gasteiger partial charge in [0.05, 0.1) is 19.3 Å². The van der Waals surface area contributed by atoms with Crippen LogP contribution in [0.4, 0.5) is 9.93 Å². The zero-order valence-corrected chi connectivity index (χ0v) is 18.8. The largest absolute Gasteiger partial charge is 0.497 e. The van der Waals surface area contributed by atoms with Crippen LogP contribution in [0.15, 0.2) is 47.8 Å². The highest BCUT2D eigenvalue weighted by molar-refractivity contribution is 7.14. The predicted octanol–water partition coefficient (Wildman–Crippen LogP) is 2.55. The van der Waals surface area contributed by atoms with Gasteiger partial charge in [-0.1, -0.05) is 30.3 Å². The quantitative estimate of drug-likeness (QED) is 0.485. The molecule has 3 heterocycles. The van der Waals surface area contributed by atoms with Crippen molar-refractivity contribution < 1.29 is 19.1 Å². The van der Waals surface area contributed by atoms with Crippen LogP contribution < -0.4 is 20.7 Å². The van der Waals surface area contributed by atoms with E-state index in [1.807, 2.05) is 30.6 Å². The first-order valence-corrected chi connectivity index (χ1v) is 11.2. The SMILES string of the molecule is CNc1nc(-c2ccc(C3(CN4Cc5ccc(OC)cc5C4=O)NC(=O)NC3=O)cc2)cs1. The molecule has 5 rings (SSSR count). The zero-order valence-electron chi connectivity index (χ0n) is 18.0. The summed E-state index contributed by atoms with van der Waals surface area (Å²) >= 11 is 1.50. The highest BCUT2D eigenvalue weighted by Crippen LogP contribution is 2.33. The van der Waals surface area contributed by atoms with Crippen molar-refractivity contribution in [1.82, 2.24) is 20.5 Å². The molecule has 4 amide bonds. The third-order valence-corrected chi connectivity index (χ3v) is 6.82. The Morgan fingerprint density at radius 2 is 1.97 bits per heavy atom. The molecule has 3 N–H and O–H groups in total. The van der Waals surface area contributed by atoms with Crippen LogP contribution in [0.5, 0.6) is 5.75 Å². The summed E-state index contributed by atoms with van der Waals surface area (Å²) in [6.45, 7) is 0.340. The number of nitrogens with one attached hydrogen (secondary N) is 3. The summed E-state index contributed by atoms with van der Waals surface area (Å²) in [5, 5.41) is 10.8. The van der Waals surface area contributed by atoms with Gasteiger partial charge >= 0.3 is 6.03 Å². The summed E-state index contributed by atoms with van der Waals surface area (Å²) in [5.41, 5.74) is 2.26. The summed E-state index contributed by atoms with van der Waals surface area (Å²) < 4.78 is 5.23. The number of anilines is 1. The molecule has 9 nitrogen and oxygen atoms in total. The number of fused-ring (bicyclic) bond motifs is 1. The highest BCUT2D eigenvalue weighted by atomic mass is 32.1. The third-order valence-electron chi connectivity index (χ3n) is 5.96. The van der Waals surface area contributed by atoms with E-state index in [0.717, 1.165) is 22.0 Å². The van der Waals surface area contributed by atoms with E-state index < -0.39 is 17.5 Å². The zero-order chi connectivity index (χ0) is 23.2. The van der Waals surface area contributed by atoms with Crippen molar-refractivity contribution in [1.29, 1.82) is 0 Å². The summed E-state index contributed by atoms with van der Waals surface area (Å²) in [7, 11) is 3.35. The smallest absolute Gasteiger partial charge is 0.322 e. The number of imide groups is 1. The molecule has 0 spiro atoms. The first-order valence-electron chi connectivity index (χ1n) is 10.3. The normalized spacial score (nSPS) is 19.3. The van der Waals surface area contributed by atoms with Crippen LogP contribution in [0.3, 0.4) is 0 Å². The van der Waals surface area contributed by atoms with Crippen molar-refractivity contribution in [2.24, 2.45) is 0 Å². The number of amides is 4. The van der Waals surface area contributed by atoms with E-state index >= 15 is 0 Å². The molecule has 2 aliphatic rings. The maximum Gasteiger partial charge on any atom is 0.322 e. The molecular weight excluding hydrogens is 442 g/mol. The second-order valence-corrected chi connectivity index (χ2v) is 8.72. The molecule has 33 heavy (non-hydrogen) atoms. The lowest BCUT2D eigenvalue weighted by atomic mass is 9.88. The van der Waals surface area contributed by atoms with Crippen LogP contribution in [0.1, 0.15) is 21.5 Å². The van der Waals surface area contributed by atoms with Gasteiger partial charge < -0.3 is 20.3 Å². The van der Waals surface area contributed by atoms with Crippen LogP contribution in [0.25, 0.3) is 11.3 Å². The first-order chi connectivity index (χ1) is 15.9. The Kier molecular flexibility index (Phi) is 5.01. The second kappa shape index (κ2) is 7.89. The number of carbonyl (C=O) groups is 3. The van der Waals surface area contributed by atoms with E-state index in [1.165, 1.54) is 11.3 Å². The number of hydrogen-bond acceptors (Lipinski definition) is 7. The Hall–Kier alpha value is -3.92. The summed E-state index contributed by atoms with van der Waals surface area (Å²) in [4.78, 5) is 44.3. The molecule has 0 aliphatic carbocycles. The van der Waals surface area contributed by atoms with E-state index in [9.17, 15) is 14.4 Å². The molecule has 1 aromatic heterocycles. The first kappa shape index (κ1) is 21.0. The molecular formula is C23H21N5O4S. The number of aromatic nitrogens is 1. The number of methoxy groups -OCH3 is 1. The van der Waals surface area contributed by atoms with E-state index in [4.69, 9.17) is 4.74 Å². The lowest BCUT2D eigenvalue weighted by molar-refractivity contribution is -0.124. The van der Waals surface area contributed by atoms with Crippen molar-refractivity contribution >= 4 is 34.3 Å². The number of benzene rings is 2. The van der Waals surface area contributed by atoms with Crippen LogP contribution in [-0.4, -0.2) is 48.4 Å². The maximum atomic E-state index is 13.1. The van der Waals surface area contributed by atoms with Crippen LogP contribution in [0.2, 0.25) is 0 Å². The number of ether oxygens (including phenoxy) is 1. The fourth-order valence-corrected chi connectivity index (χ4v) is 4.91. The van der Waals surface area contributed by atoms with Gasteiger partial charge in [-0.3, -0.25) is 14.9 Å². The minimum absolute atomic E-state index is 0.000350. The molecule has 0 saturated carbocycles. The van der Waals surface area contributed by atoms with Crippen molar-refractivity contribution in [3.05, 3.63) is 64.5 Å². The van der Waals surface area contributed by atoms with E-state index in [0.29, 0.717) is 23.4 Å². The van der Waals surface area contributed by atoms with Gasteiger partial charge in [-0.15, -0.1) is 11.3 Å². The van der Waals surface area contributed by atoms with Gasteiger partial charge in [0.1, 0.15) is 5.75 Å². The maximum absolute atomic E-state index is 13.1. The minimum atomic E-state index is -1.39. The number of rotatable bonds is 6. The van der Waals surface area contributed by atoms with Crippen LogP contribution in [-0.2, 0) is 16.9 Å². The number of hydrogen-bond donors (Lipinski definition) is 3. The van der Waals surface area contributed by atoms with E-state index in [2.05, 4.69) is 20.9 Å². The van der Waals surface area contributed by atoms with Crippen LogP contribution in [0, 0.1) is 0 Å². The molecule has 10 heteroatoms. The van der Waals surface area contributed by atoms with Crippen molar-refractivity contribution in [3.63, 3.8) is 0 Å². The van der Waals surface area contributed by atoms with Crippen molar-refractivity contribution in [3.8, 4) is 17.0 Å². The topological polar surface area (TPSA) is 113 Å². The van der Waals surface area contributed by atoms with Gasteiger partial charge in [0.25, 0.3) is 11.8 Å². The highest BCUT2D eigenvalue weighted by Gasteiger charge is 2.50. The molecule has 1 atom stereocenters. The molecule has 0 radical (unpaired) electrons. The Balaban J connectivity index is 1.46. The fourth-order valence-electron chi connectivity index (χ4n) is 4.23. The Morgan fingerprint density at radius 3 is 2.61 bits per heavy atom. The molecule has 1 saturated heterocycles. The Labute approximate surface area is 193 Å². The van der Waals surface area contributed by atoms with Gasteiger partial charge in [0, 0.05) is 30.1 Å². The molecule has 2 aliphatic heterocycles. The monoisotopic (exact) mass is 463 g/mol.